The molecule has 3 N–H and O–H groups in total. The Balaban J connectivity index is 2.04. The highest BCUT2D eigenvalue weighted by Crippen LogP contribution is 2.08. The number of nitrogens with one attached hydrogen (secondary N) is 1. The topological polar surface area (TPSA) is 72.9 Å². The van der Waals surface area contributed by atoms with Gasteiger partial charge in [0.05, 0.1) is 13.0 Å². The molecule has 0 atom stereocenters. The van der Waals surface area contributed by atoms with Gasteiger partial charge in [-0.25, -0.2) is 5.84 Å². The summed E-state index contributed by atoms with van der Waals surface area (Å²) in [6, 6.07) is 9.84. The summed E-state index contributed by atoms with van der Waals surface area (Å²) in [7, 11) is 0. The molecule has 0 fully saturated rings. The summed E-state index contributed by atoms with van der Waals surface area (Å²) in [4.78, 5) is 11.1. The molecule has 0 unspecified atom stereocenters. The van der Waals surface area contributed by atoms with Gasteiger partial charge in [0.15, 0.2) is 0 Å². The Labute approximate surface area is 106 Å². The van der Waals surface area contributed by atoms with Crippen molar-refractivity contribution in [2.45, 2.75) is 19.9 Å². The fourth-order valence-corrected chi connectivity index (χ4v) is 1.74. The predicted molar refractivity (Wildman–Crippen MR) is 68.5 cm³/mol. The molecule has 18 heavy (non-hydrogen) atoms. The molecule has 5 nitrogen and oxygen atoms in total. The van der Waals surface area contributed by atoms with E-state index in [1.165, 1.54) is 0 Å². The van der Waals surface area contributed by atoms with Gasteiger partial charge in [-0.3, -0.25) is 14.9 Å². The van der Waals surface area contributed by atoms with Crippen molar-refractivity contribution >= 4 is 5.91 Å². The Kier molecular flexibility index (Phi) is 3.74. The molecule has 1 aromatic heterocycles. The molecule has 0 bridgehead atoms. The Hall–Kier alpha value is -2.14. The number of aryl methyl sites for hydroxylation is 1. The van der Waals surface area contributed by atoms with Crippen LogP contribution in [-0.2, 0) is 17.8 Å². The zero-order chi connectivity index (χ0) is 13.0. The van der Waals surface area contributed by atoms with E-state index in [0.29, 0.717) is 6.42 Å². The molecule has 94 valence electrons. The van der Waals surface area contributed by atoms with Crippen molar-refractivity contribution in [1.82, 2.24) is 15.2 Å². The highest BCUT2D eigenvalue weighted by molar-refractivity contribution is 5.77. The van der Waals surface area contributed by atoms with Crippen LogP contribution >= 0.6 is 0 Å². The molecular formula is C13H16N4O. The van der Waals surface area contributed by atoms with E-state index in [4.69, 9.17) is 5.84 Å². The second-order valence-electron chi connectivity index (χ2n) is 4.19. The minimum atomic E-state index is -0.189. The van der Waals surface area contributed by atoms with Crippen molar-refractivity contribution in [2.24, 2.45) is 5.84 Å². The fourth-order valence-electron chi connectivity index (χ4n) is 1.74. The predicted octanol–water partition coefficient (Wildman–Crippen LogP) is 0.772. The van der Waals surface area contributed by atoms with E-state index < -0.39 is 0 Å². The third kappa shape index (κ3) is 2.95. The van der Waals surface area contributed by atoms with Gasteiger partial charge < -0.3 is 0 Å². The van der Waals surface area contributed by atoms with Gasteiger partial charge in [0.2, 0.25) is 5.91 Å². The molecule has 0 spiro atoms. The number of aromatic nitrogens is 2. The fraction of sp³-hybridized carbons (Fsp3) is 0.231. The lowest BCUT2D eigenvalue weighted by Gasteiger charge is -2.06. The quantitative estimate of drug-likeness (QED) is 0.474. The highest BCUT2D eigenvalue weighted by Gasteiger charge is 2.02. The third-order valence-electron chi connectivity index (χ3n) is 2.81. The molecule has 1 heterocycles. The molecule has 1 amide bonds. The van der Waals surface area contributed by atoms with Gasteiger partial charge in [-0.1, -0.05) is 24.3 Å². The second-order valence-corrected chi connectivity index (χ2v) is 4.19. The Morgan fingerprint density at radius 2 is 1.94 bits per heavy atom. The molecule has 0 saturated carbocycles. The summed E-state index contributed by atoms with van der Waals surface area (Å²) in [5.74, 6) is 4.86. The van der Waals surface area contributed by atoms with Crippen molar-refractivity contribution in [3.05, 3.63) is 53.3 Å². The smallest absolute Gasteiger partial charge is 0.238 e. The number of nitrogens with zero attached hydrogens (tertiary/aromatic N) is 2. The van der Waals surface area contributed by atoms with E-state index in [1.54, 1.807) is 6.20 Å². The molecule has 0 aliphatic carbocycles. The maximum atomic E-state index is 11.1. The van der Waals surface area contributed by atoms with Crippen LogP contribution in [0.1, 0.15) is 16.8 Å². The molecule has 0 aliphatic rings. The molecule has 2 rings (SSSR count). The first-order valence-corrected chi connectivity index (χ1v) is 5.74. The second kappa shape index (κ2) is 5.46. The lowest BCUT2D eigenvalue weighted by molar-refractivity contribution is -0.120. The van der Waals surface area contributed by atoms with E-state index in [1.807, 2.05) is 41.9 Å². The van der Waals surface area contributed by atoms with Crippen LogP contribution in [0.4, 0.5) is 0 Å². The summed E-state index contributed by atoms with van der Waals surface area (Å²) in [5, 5.41) is 4.23. The zero-order valence-corrected chi connectivity index (χ0v) is 10.3. The lowest BCUT2D eigenvalue weighted by atomic mass is 10.1. The van der Waals surface area contributed by atoms with Gasteiger partial charge in [-0.05, 0) is 24.1 Å². The van der Waals surface area contributed by atoms with E-state index in [2.05, 4.69) is 10.5 Å². The first kappa shape index (κ1) is 12.3. The van der Waals surface area contributed by atoms with Crippen LogP contribution in [0.25, 0.3) is 0 Å². The van der Waals surface area contributed by atoms with Gasteiger partial charge in [-0.2, -0.15) is 5.10 Å². The number of benzene rings is 1. The number of carbonyl (C=O) groups is 1. The standard InChI is InChI=1S/C13H16N4O/c1-10-6-7-15-17(10)9-12-4-2-11(3-5-12)8-13(18)16-14/h2-7H,8-9,14H2,1H3,(H,16,18). The first-order valence-electron chi connectivity index (χ1n) is 5.74. The van der Waals surface area contributed by atoms with Gasteiger partial charge in [0.25, 0.3) is 0 Å². The van der Waals surface area contributed by atoms with Gasteiger partial charge >= 0.3 is 0 Å². The summed E-state index contributed by atoms with van der Waals surface area (Å²) in [6.07, 6.45) is 2.09. The number of hydrogen-bond donors (Lipinski definition) is 2. The van der Waals surface area contributed by atoms with Crippen LogP contribution in [0, 0.1) is 6.92 Å². The minimum Gasteiger partial charge on any atom is -0.294 e. The van der Waals surface area contributed by atoms with Gasteiger partial charge in [0.1, 0.15) is 0 Å². The number of carbonyl (C=O) groups excluding carboxylic acids is 1. The van der Waals surface area contributed by atoms with Crippen molar-refractivity contribution in [3.63, 3.8) is 0 Å². The van der Waals surface area contributed by atoms with Crippen LogP contribution in [0.5, 0.6) is 0 Å². The SMILES string of the molecule is Cc1ccnn1Cc1ccc(CC(=O)NN)cc1. The summed E-state index contributed by atoms with van der Waals surface area (Å²) in [6.45, 7) is 2.76. The zero-order valence-electron chi connectivity index (χ0n) is 10.3. The van der Waals surface area contributed by atoms with Crippen LogP contribution in [-0.4, -0.2) is 15.7 Å². The first-order chi connectivity index (χ1) is 8.69. The Morgan fingerprint density at radius 3 is 2.50 bits per heavy atom. The maximum Gasteiger partial charge on any atom is 0.238 e. The number of nitrogens with two attached hydrogens (primary N) is 1. The summed E-state index contributed by atoms with van der Waals surface area (Å²) < 4.78 is 1.93. The summed E-state index contributed by atoms with van der Waals surface area (Å²) in [5.41, 5.74) is 5.34. The van der Waals surface area contributed by atoms with Gasteiger partial charge in [0, 0.05) is 11.9 Å². The van der Waals surface area contributed by atoms with Crippen molar-refractivity contribution in [3.8, 4) is 0 Å². The van der Waals surface area contributed by atoms with Crippen LogP contribution < -0.4 is 11.3 Å². The van der Waals surface area contributed by atoms with Crippen LogP contribution in [0.3, 0.4) is 0 Å². The molecule has 5 heteroatoms. The van der Waals surface area contributed by atoms with E-state index in [0.717, 1.165) is 23.4 Å². The Bertz CT molecular complexity index is 530. The van der Waals surface area contributed by atoms with Crippen molar-refractivity contribution in [2.75, 3.05) is 0 Å². The molecule has 0 aliphatic heterocycles. The monoisotopic (exact) mass is 244 g/mol. The average molecular weight is 244 g/mol. The average Bonchev–Trinajstić information content (AvgIpc) is 2.77. The van der Waals surface area contributed by atoms with Crippen molar-refractivity contribution < 1.29 is 4.79 Å². The normalized spacial score (nSPS) is 10.3. The van der Waals surface area contributed by atoms with Crippen LogP contribution in [0.2, 0.25) is 0 Å². The van der Waals surface area contributed by atoms with E-state index in [-0.39, 0.29) is 5.91 Å². The molecular weight excluding hydrogens is 228 g/mol. The number of amides is 1. The van der Waals surface area contributed by atoms with Crippen LogP contribution in [0.15, 0.2) is 36.5 Å². The lowest BCUT2D eigenvalue weighted by Crippen LogP contribution is -2.31. The number of hydrogen-bond acceptors (Lipinski definition) is 3. The highest BCUT2D eigenvalue weighted by atomic mass is 16.2. The molecule has 1 aromatic carbocycles. The third-order valence-corrected chi connectivity index (χ3v) is 2.81. The Morgan fingerprint density at radius 1 is 1.28 bits per heavy atom. The van der Waals surface area contributed by atoms with E-state index >= 15 is 0 Å². The molecule has 0 radical (unpaired) electrons. The minimum absolute atomic E-state index is 0.189. The summed E-state index contributed by atoms with van der Waals surface area (Å²) >= 11 is 0. The number of rotatable bonds is 4. The van der Waals surface area contributed by atoms with Gasteiger partial charge in [-0.15, -0.1) is 0 Å². The van der Waals surface area contributed by atoms with Crippen molar-refractivity contribution in [1.29, 1.82) is 0 Å². The maximum absolute atomic E-state index is 11.1. The largest absolute Gasteiger partial charge is 0.294 e. The molecule has 0 saturated heterocycles. The number of hydrazine groups is 1. The molecule has 2 aromatic rings. The van der Waals surface area contributed by atoms with E-state index in [9.17, 15) is 4.79 Å².